The minimum absolute atomic E-state index is 0.0723. The van der Waals surface area contributed by atoms with E-state index >= 15 is 0 Å². The van der Waals surface area contributed by atoms with Crippen LogP contribution in [0.3, 0.4) is 0 Å². The molecule has 4 heteroatoms. The van der Waals surface area contributed by atoms with Gasteiger partial charge in [0, 0.05) is 22.6 Å². The molecule has 0 aliphatic heterocycles. The fourth-order valence-electron chi connectivity index (χ4n) is 3.40. The van der Waals surface area contributed by atoms with E-state index < -0.39 is 5.63 Å². The van der Waals surface area contributed by atoms with E-state index in [9.17, 15) is 9.59 Å². The molecule has 5 rings (SSSR count). The van der Waals surface area contributed by atoms with Crippen molar-refractivity contribution in [3.8, 4) is 0 Å². The molecule has 0 saturated heterocycles. The summed E-state index contributed by atoms with van der Waals surface area (Å²) in [4.78, 5) is 25.1. The van der Waals surface area contributed by atoms with Crippen molar-refractivity contribution in [2.24, 2.45) is 0 Å². The van der Waals surface area contributed by atoms with Crippen molar-refractivity contribution in [1.29, 1.82) is 0 Å². The molecule has 0 fully saturated rings. The van der Waals surface area contributed by atoms with Gasteiger partial charge in [-0.25, -0.2) is 4.79 Å². The number of hydrogen-bond donors (Lipinski definition) is 0. The maximum absolute atomic E-state index is 13.1. The number of benzene rings is 3. The van der Waals surface area contributed by atoms with Gasteiger partial charge in [0.2, 0.25) is 0 Å². The quantitative estimate of drug-likeness (QED) is 0.428. The van der Waals surface area contributed by atoms with Gasteiger partial charge < -0.3 is 8.83 Å². The summed E-state index contributed by atoms with van der Waals surface area (Å²) in [6.45, 7) is 0. The summed E-state index contributed by atoms with van der Waals surface area (Å²) in [6, 6.07) is 21.7. The van der Waals surface area contributed by atoms with Crippen molar-refractivity contribution in [2.75, 3.05) is 0 Å². The van der Waals surface area contributed by atoms with Crippen molar-refractivity contribution in [2.45, 2.75) is 0 Å². The topological polar surface area (TPSA) is 60.4 Å². The molecule has 0 radical (unpaired) electrons. The van der Waals surface area contributed by atoms with Crippen molar-refractivity contribution in [1.82, 2.24) is 0 Å². The molecule has 3 aromatic carbocycles. The van der Waals surface area contributed by atoms with E-state index in [0.29, 0.717) is 16.5 Å². The lowest BCUT2D eigenvalue weighted by atomic mass is 9.98. The van der Waals surface area contributed by atoms with E-state index in [1.54, 1.807) is 24.3 Å². The minimum Gasteiger partial charge on any atom is -0.425 e. The third-order valence-corrected chi connectivity index (χ3v) is 4.55. The molecule has 124 valence electrons. The number of hydrogen-bond acceptors (Lipinski definition) is 4. The Morgan fingerprint density at radius 3 is 2.38 bits per heavy atom. The second kappa shape index (κ2) is 5.43. The Morgan fingerprint density at radius 1 is 0.769 bits per heavy atom. The Balaban J connectivity index is 1.95. The largest absolute Gasteiger partial charge is 0.425 e. The zero-order chi connectivity index (χ0) is 17.7. The smallest absolute Gasteiger partial charge is 0.339 e. The average molecular weight is 340 g/mol. The van der Waals surface area contributed by atoms with Crippen LogP contribution in [0.2, 0.25) is 0 Å². The standard InChI is InChI=1S/C22H12O4/c23-18-12-16(21(24)14-7-2-1-3-8-14)20-19-15-9-5-4-6-13(15)10-11-17(19)25-22(20)26-18/h1-12H. The number of ketones is 1. The van der Waals surface area contributed by atoms with E-state index in [-0.39, 0.29) is 17.1 Å². The number of furan rings is 1. The highest BCUT2D eigenvalue weighted by atomic mass is 16.5. The highest BCUT2D eigenvalue weighted by Crippen LogP contribution is 2.36. The predicted octanol–water partition coefficient (Wildman–Crippen LogP) is 4.92. The van der Waals surface area contributed by atoms with Gasteiger partial charge in [0.25, 0.3) is 0 Å². The van der Waals surface area contributed by atoms with Gasteiger partial charge in [-0.2, -0.15) is 0 Å². The Hall–Kier alpha value is -3.66. The summed E-state index contributed by atoms with van der Waals surface area (Å²) >= 11 is 0. The lowest BCUT2D eigenvalue weighted by Crippen LogP contribution is -2.07. The van der Waals surface area contributed by atoms with Crippen LogP contribution in [0.4, 0.5) is 0 Å². The highest BCUT2D eigenvalue weighted by molar-refractivity contribution is 6.26. The molecule has 0 aliphatic rings. The SMILES string of the molecule is O=C(c1ccccc1)c1cc(=O)oc2oc3ccc4ccccc4c3c12. The molecule has 0 atom stereocenters. The first kappa shape index (κ1) is 14.7. The van der Waals surface area contributed by atoms with Gasteiger partial charge in [-0.15, -0.1) is 0 Å². The first-order chi connectivity index (χ1) is 12.7. The highest BCUT2D eigenvalue weighted by Gasteiger charge is 2.21. The van der Waals surface area contributed by atoms with Crippen LogP contribution in [0.5, 0.6) is 0 Å². The molecule has 0 unspecified atom stereocenters. The maximum Gasteiger partial charge on any atom is 0.339 e. The van der Waals surface area contributed by atoms with Crippen molar-refractivity contribution in [3.63, 3.8) is 0 Å². The summed E-state index contributed by atoms with van der Waals surface area (Å²) in [6.07, 6.45) is 0. The van der Waals surface area contributed by atoms with Gasteiger partial charge in [-0.1, -0.05) is 60.7 Å². The molecule has 5 aromatic rings. The zero-order valence-corrected chi connectivity index (χ0v) is 13.6. The van der Waals surface area contributed by atoms with Crippen molar-refractivity contribution < 1.29 is 13.6 Å². The number of carbonyl (C=O) groups is 1. The van der Waals surface area contributed by atoms with Crippen LogP contribution in [0.15, 0.2) is 86.4 Å². The molecule has 0 spiro atoms. The van der Waals surface area contributed by atoms with Gasteiger partial charge in [-0.3, -0.25) is 4.79 Å². The summed E-state index contributed by atoms with van der Waals surface area (Å²) in [5.41, 5.74) is 0.766. The molecule has 0 N–H and O–H groups in total. The van der Waals surface area contributed by atoms with Crippen molar-refractivity contribution in [3.05, 3.63) is 94.3 Å². The number of fused-ring (bicyclic) bond motifs is 5. The summed E-state index contributed by atoms with van der Waals surface area (Å²) in [5.74, 6) is -0.165. The summed E-state index contributed by atoms with van der Waals surface area (Å²) < 4.78 is 11.0. The predicted molar refractivity (Wildman–Crippen MR) is 99.6 cm³/mol. The molecule has 2 heterocycles. The van der Waals surface area contributed by atoms with Crippen LogP contribution in [0.1, 0.15) is 15.9 Å². The normalized spacial score (nSPS) is 11.4. The average Bonchev–Trinajstić information content (AvgIpc) is 3.06. The lowest BCUT2D eigenvalue weighted by Gasteiger charge is -2.03. The van der Waals surface area contributed by atoms with Crippen LogP contribution in [0.25, 0.3) is 32.9 Å². The van der Waals surface area contributed by atoms with Crippen LogP contribution in [-0.4, -0.2) is 5.78 Å². The first-order valence-corrected chi connectivity index (χ1v) is 8.20. The fourth-order valence-corrected chi connectivity index (χ4v) is 3.40. The molecule has 4 nitrogen and oxygen atoms in total. The Bertz CT molecular complexity index is 1360. The molecule has 0 saturated carbocycles. The van der Waals surface area contributed by atoms with E-state index in [1.165, 1.54) is 6.07 Å². The molecule has 2 aromatic heterocycles. The molecule has 0 bridgehead atoms. The third kappa shape index (κ3) is 2.09. The van der Waals surface area contributed by atoms with E-state index in [2.05, 4.69) is 0 Å². The lowest BCUT2D eigenvalue weighted by molar-refractivity contribution is 0.103. The Morgan fingerprint density at radius 2 is 1.54 bits per heavy atom. The van der Waals surface area contributed by atoms with Gasteiger partial charge >= 0.3 is 11.4 Å². The third-order valence-electron chi connectivity index (χ3n) is 4.55. The van der Waals surface area contributed by atoms with Crippen LogP contribution < -0.4 is 5.63 Å². The maximum atomic E-state index is 13.1. The fraction of sp³-hybridized carbons (Fsp3) is 0. The molecule has 0 aliphatic carbocycles. The van der Waals surface area contributed by atoms with Gasteiger partial charge in [-0.05, 0) is 16.8 Å². The summed E-state index contributed by atoms with van der Waals surface area (Å²) in [7, 11) is 0. The van der Waals surface area contributed by atoms with E-state index in [1.807, 2.05) is 42.5 Å². The first-order valence-electron chi connectivity index (χ1n) is 8.20. The van der Waals surface area contributed by atoms with Crippen LogP contribution in [0, 0.1) is 0 Å². The Kier molecular flexibility index (Phi) is 3.06. The Labute approximate surface area is 147 Å². The van der Waals surface area contributed by atoms with Gasteiger partial charge in [0.05, 0.1) is 5.39 Å². The minimum atomic E-state index is -0.611. The molecule has 0 amide bonds. The summed E-state index contributed by atoms with van der Waals surface area (Å²) in [5, 5.41) is 3.28. The second-order valence-corrected chi connectivity index (χ2v) is 6.10. The van der Waals surface area contributed by atoms with E-state index in [4.69, 9.17) is 8.83 Å². The zero-order valence-electron chi connectivity index (χ0n) is 13.6. The van der Waals surface area contributed by atoms with Gasteiger partial charge in [0.15, 0.2) is 5.78 Å². The number of carbonyl (C=O) groups excluding carboxylic acids is 1. The molecular formula is C22H12O4. The van der Waals surface area contributed by atoms with Crippen molar-refractivity contribution >= 4 is 38.7 Å². The monoisotopic (exact) mass is 340 g/mol. The van der Waals surface area contributed by atoms with E-state index in [0.717, 1.165) is 16.2 Å². The molecular weight excluding hydrogens is 328 g/mol. The van der Waals surface area contributed by atoms with Gasteiger partial charge in [0.1, 0.15) is 5.58 Å². The van der Waals surface area contributed by atoms with Crippen LogP contribution in [-0.2, 0) is 0 Å². The van der Waals surface area contributed by atoms with Crippen LogP contribution >= 0.6 is 0 Å². The number of rotatable bonds is 2. The molecule has 26 heavy (non-hydrogen) atoms. The second-order valence-electron chi connectivity index (χ2n) is 6.10.